The van der Waals surface area contributed by atoms with Crippen molar-refractivity contribution in [1.82, 2.24) is 15.2 Å². The lowest BCUT2D eigenvalue weighted by Gasteiger charge is -2.30. The van der Waals surface area contributed by atoms with E-state index >= 15 is 0 Å². The van der Waals surface area contributed by atoms with Gasteiger partial charge in [-0.25, -0.2) is 0 Å². The van der Waals surface area contributed by atoms with Crippen LogP contribution in [0.25, 0.3) is 0 Å². The molecule has 0 saturated carbocycles. The lowest BCUT2D eigenvalue weighted by atomic mass is 9.95. The lowest BCUT2D eigenvalue weighted by molar-refractivity contribution is 0.0906. The number of aromatic nitrogens is 1. The molecule has 1 fully saturated rings. The summed E-state index contributed by atoms with van der Waals surface area (Å²) in [6.07, 6.45) is 3.06. The van der Waals surface area contributed by atoms with Gasteiger partial charge in [-0.1, -0.05) is 6.92 Å². The maximum absolute atomic E-state index is 12.3. The number of halogens is 2. The number of hydrogen-bond acceptors (Lipinski definition) is 2. The lowest BCUT2D eigenvalue weighted by Crippen LogP contribution is -2.50. The molecule has 6 heteroatoms. The zero-order valence-corrected chi connectivity index (χ0v) is 13.7. The number of carbonyl (C=O) groups excluding carboxylic acids is 1. The average Bonchev–Trinajstić information content (AvgIpc) is 2.73. The molecule has 2 heterocycles. The zero-order chi connectivity index (χ0) is 13.1. The number of nitrogens with one attached hydrogen (secondary N) is 2. The minimum Gasteiger partial charge on any atom is -0.346 e. The predicted octanol–water partition coefficient (Wildman–Crippen LogP) is 2.42. The van der Waals surface area contributed by atoms with E-state index in [1.165, 1.54) is 0 Å². The van der Waals surface area contributed by atoms with Crippen LogP contribution in [0.5, 0.6) is 0 Å². The Bertz CT molecular complexity index is 436. The molecule has 108 valence electrons. The van der Waals surface area contributed by atoms with Gasteiger partial charge in [0.25, 0.3) is 5.91 Å². The van der Waals surface area contributed by atoms with Crippen molar-refractivity contribution >= 4 is 34.2 Å². The highest BCUT2D eigenvalue weighted by Crippen LogP contribution is 2.16. The summed E-state index contributed by atoms with van der Waals surface area (Å²) in [5.74, 6) is 0.548. The van der Waals surface area contributed by atoms with Crippen molar-refractivity contribution in [3.63, 3.8) is 0 Å². The summed E-state index contributed by atoms with van der Waals surface area (Å²) in [4.78, 5) is 12.3. The molecule has 0 spiro atoms. The SMILES string of the molecule is CCn1cc(Br)cc1C(=O)NC1CNCCC1C.Cl. The largest absolute Gasteiger partial charge is 0.346 e. The van der Waals surface area contributed by atoms with Gasteiger partial charge < -0.3 is 15.2 Å². The molecule has 4 nitrogen and oxygen atoms in total. The Morgan fingerprint density at radius 1 is 1.63 bits per heavy atom. The maximum Gasteiger partial charge on any atom is 0.268 e. The van der Waals surface area contributed by atoms with Crippen LogP contribution in [0.3, 0.4) is 0 Å². The van der Waals surface area contributed by atoms with E-state index in [0.29, 0.717) is 5.92 Å². The average molecular weight is 351 g/mol. The van der Waals surface area contributed by atoms with Crippen molar-refractivity contribution in [2.45, 2.75) is 32.9 Å². The smallest absolute Gasteiger partial charge is 0.268 e. The molecule has 1 aliphatic rings. The van der Waals surface area contributed by atoms with Gasteiger partial charge in [-0.15, -0.1) is 12.4 Å². The zero-order valence-electron chi connectivity index (χ0n) is 11.3. The van der Waals surface area contributed by atoms with Crippen LogP contribution in [-0.4, -0.2) is 29.6 Å². The summed E-state index contributed by atoms with van der Waals surface area (Å²) in [5.41, 5.74) is 0.724. The second kappa shape index (κ2) is 7.31. The van der Waals surface area contributed by atoms with Gasteiger partial charge in [0, 0.05) is 29.8 Å². The molecular formula is C13H21BrClN3O. The van der Waals surface area contributed by atoms with E-state index in [0.717, 1.165) is 36.2 Å². The highest BCUT2D eigenvalue weighted by Gasteiger charge is 2.24. The minimum atomic E-state index is 0. The van der Waals surface area contributed by atoms with Crippen LogP contribution in [0.4, 0.5) is 0 Å². The first-order valence-corrected chi connectivity index (χ1v) is 7.28. The Hall–Kier alpha value is -0.520. The van der Waals surface area contributed by atoms with E-state index in [-0.39, 0.29) is 24.4 Å². The molecular weight excluding hydrogens is 330 g/mol. The van der Waals surface area contributed by atoms with Gasteiger partial charge in [0.1, 0.15) is 5.69 Å². The fraction of sp³-hybridized carbons (Fsp3) is 0.615. The summed E-state index contributed by atoms with van der Waals surface area (Å²) in [5, 5.41) is 6.45. The normalized spacial score (nSPS) is 22.7. The van der Waals surface area contributed by atoms with Gasteiger partial charge in [-0.3, -0.25) is 4.79 Å². The summed E-state index contributed by atoms with van der Waals surface area (Å²) in [6, 6.07) is 2.10. The van der Waals surface area contributed by atoms with Crippen LogP contribution in [0.2, 0.25) is 0 Å². The Kier molecular flexibility index (Phi) is 6.36. The van der Waals surface area contributed by atoms with E-state index in [2.05, 4.69) is 33.5 Å². The topological polar surface area (TPSA) is 46.1 Å². The molecule has 2 atom stereocenters. The molecule has 0 aliphatic carbocycles. The summed E-state index contributed by atoms with van der Waals surface area (Å²) >= 11 is 3.42. The Morgan fingerprint density at radius 2 is 2.37 bits per heavy atom. The molecule has 0 radical (unpaired) electrons. The highest BCUT2D eigenvalue weighted by atomic mass is 79.9. The molecule has 0 bridgehead atoms. The van der Waals surface area contributed by atoms with Crippen LogP contribution < -0.4 is 10.6 Å². The third-order valence-corrected chi connectivity index (χ3v) is 4.01. The van der Waals surface area contributed by atoms with E-state index in [9.17, 15) is 4.79 Å². The first-order valence-electron chi connectivity index (χ1n) is 6.49. The number of carbonyl (C=O) groups is 1. The number of aryl methyl sites for hydroxylation is 1. The molecule has 2 unspecified atom stereocenters. The van der Waals surface area contributed by atoms with Gasteiger partial charge in [-0.2, -0.15) is 0 Å². The molecule has 1 aromatic heterocycles. The summed E-state index contributed by atoms with van der Waals surface area (Å²) < 4.78 is 2.91. The van der Waals surface area contributed by atoms with Crippen molar-refractivity contribution in [3.05, 3.63) is 22.4 Å². The third kappa shape index (κ3) is 3.97. The van der Waals surface area contributed by atoms with Crippen LogP contribution in [0, 0.1) is 5.92 Å². The quantitative estimate of drug-likeness (QED) is 0.879. The summed E-state index contributed by atoms with van der Waals surface area (Å²) in [6.45, 7) is 6.94. The monoisotopic (exact) mass is 349 g/mol. The second-order valence-electron chi connectivity index (χ2n) is 4.88. The van der Waals surface area contributed by atoms with Crippen LogP contribution >= 0.6 is 28.3 Å². The summed E-state index contributed by atoms with van der Waals surface area (Å²) in [7, 11) is 0. The first kappa shape index (κ1) is 16.5. The molecule has 1 amide bonds. The van der Waals surface area contributed by atoms with Gasteiger partial charge in [0.2, 0.25) is 0 Å². The number of nitrogens with zero attached hydrogens (tertiary/aromatic N) is 1. The van der Waals surface area contributed by atoms with Crippen molar-refractivity contribution in [2.75, 3.05) is 13.1 Å². The first-order chi connectivity index (χ1) is 8.61. The maximum atomic E-state index is 12.3. The Balaban J connectivity index is 0.00000180. The van der Waals surface area contributed by atoms with Crippen molar-refractivity contribution in [2.24, 2.45) is 5.92 Å². The highest BCUT2D eigenvalue weighted by molar-refractivity contribution is 9.10. The standard InChI is InChI=1S/C13H20BrN3O.ClH/c1-3-17-8-10(14)6-12(17)13(18)16-11-7-15-5-4-9(11)2;/h6,8-9,11,15H,3-5,7H2,1-2H3,(H,16,18);1H. The van der Waals surface area contributed by atoms with E-state index in [1.54, 1.807) is 0 Å². The van der Waals surface area contributed by atoms with Crippen molar-refractivity contribution < 1.29 is 4.79 Å². The number of amides is 1. The van der Waals surface area contributed by atoms with E-state index < -0.39 is 0 Å². The molecule has 2 N–H and O–H groups in total. The van der Waals surface area contributed by atoms with Crippen LogP contribution in [0.15, 0.2) is 16.7 Å². The minimum absolute atomic E-state index is 0. The molecule has 0 aromatic carbocycles. The molecule has 1 saturated heterocycles. The predicted molar refractivity (Wildman–Crippen MR) is 83.0 cm³/mol. The van der Waals surface area contributed by atoms with Crippen molar-refractivity contribution in [3.8, 4) is 0 Å². The van der Waals surface area contributed by atoms with Gasteiger partial charge >= 0.3 is 0 Å². The van der Waals surface area contributed by atoms with Crippen LogP contribution in [0.1, 0.15) is 30.8 Å². The molecule has 2 rings (SSSR count). The van der Waals surface area contributed by atoms with Gasteiger partial charge in [0.15, 0.2) is 0 Å². The molecule has 1 aromatic rings. The fourth-order valence-electron chi connectivity index (χ4n) is 2.35. The third-order valence-electron chi connectivity index (χ3n) is 3.58. The van der Waals surface area contributed by atoms with E-state index in [1.807, 2.05) is 23.8 Å². The Morgan fingerprint density at radius 3 is 3.00 bits per heavy atom. The number of rotatable bonds is 3. The number of hydrogen-bond donors (Lipinski definition) is 2. The Labute approximate surface area is 128 Å². The van der Waals surface area contributed by atoms with Gasteiger partial charge in [0.05, 0.1) is 0 Å². The molecule has 1 aliphatic heterocycles. The van der Waals surface area contributed by atoms with Gasteiger partial charge in [-0.05, 0) is 47.8 Å². The van der Waals surface area contributed by atoms with Crippen LogP contribution in [-0.2, 0) is 6.54 Å². The fourth-order valence-corrected chi connectivity index (χ4v) is 2.82. The van der Waals surface area contributed by atoms with E-state index in [4.69, 9.17) is 0 Å². The van der Waals surface area contributed by atoms with Crippen molar-refractivity contribution in [1.29, 1.82) is 0 Å². The second-order valence-corrected chi connectivity index (χ2v) is 5.80. The number of piperidine rings is 1. The molecule has 19 heavy (non-hydrogen) atoms.